The van der Waals surface area contributed by atoms with Crippen molar-refractivity contribution in [2.45, 2.75) is 39.2 Å². The van der Waals surface area contributed by atoms with E-state index in [1.807, 2.05) is 24.3 Å². The number of hydrogen-bond donors (Lipinski definition) is 0. The number of aromatic nitrogens is 1. The second-order valence-corrected chi connectivity index (χ2v) is 10.6. The van der Waals surface area contributed by atoms with E-state index in [-0.39, 0.29) is 11.0 Å². The first kappa shape index (κ1) is 25.4. The van der Waals surface area contributed by atoms with Crippen molar-refractivity contribution in [3.05, 3.63) is 90.1 Å². The smallest absolute Gasteiger partial charge is 0.338 e. The molecule has 0 bridgehead atoms. The lowest BCUT2D eigenvalue weighted by molar-refractivity contribution is -0.136. The first-order chi connectivity index (χ1) is 17.1. The molecule has 8 heteroatoms. The second-order valence-electron chi connectivity index (χ2n) is 9.56. The highest BCUT2D eigenvalue weighted by Gasteiger charge is 2.33. The van der Waals surface area contributed by atoms with Gasteiger partial charge < -0.3 is 14.2 Å². The molecule has 0 spiro atoms. The summed E-state index contributed by atoms with van der Waals surface area (Å²) in [6, 6.07) is 12.8. The molecule has 0 saturated heterocycles. The Labute approximate surface area is 214 Å². The molecule has 1 aromatic heterocycles. The fraction of sp³-hybridized carbons (Fsp3) is 0.321. The van der Waals surface area contributed by atoms with Gasteiger partial charge >= 0.3 is 5.97 Å². The molecule has 3 aromatic rings. The molecule has 2 aromatic carbocycles. The van der Waals surface area contributed by atoms with Crippen LogP contribution in [0.3, 0.4) is 0 Å². The maximum atomic E-state index is 13.7. The summed E-state index contributed by atoms with van der Waals surface area (Å²) in [5, 5.41) is 0. The number of fused-ring (bicyclic) bond motifs is 1. The van der Waals surface area contributed by atoms with Gasteiger partial charge in [0, 0.05) is 0 Å². The minimum absolute atomic E-state index is 0.0408. The van der Waals surface area contributed by atoms with Crippen molar-refractivity contribution in [1.29, 1.82) is 0 Å². The van der Waals surface area contributed by atoms with E-state index in [2.05, 4.69) is 37.9 Å². The third-order valence-electron chi connectivity index (χ3n) is 6.22. The minimum Gasteiger partial charge on any atom is -0.493 e. The van der Waals surface area contributed by atoms with Crippen LogP contribution < -0.4 is 24.4 Å². The fourth-order valence-electron chi connectivity index (χ4n) is 4.26. The maximum absolute atomic E-state index is 13.7. The lowest BCUT2D eigenvalue weighted by Crippen LogP contribution is -2.39. The van der Waals surface area contributed by atoms with Crippen LogP contribution in [0.15, 0.2) is 63.5 Å². The van der Waals surface area contributed by atoms with E-state index in [0.717, 1.165) is 5.56 Å². The van der Waals surface area contributed by atoms with Crippen LogP contribution in [0, 0.1) is 0 Å². The molecule has 188 valence electrons. The van der Waals surface area contributed by atoms with Crippen molar-refractivity contribution in [2.24, 2.45) is 4.99 Å². The molecule has 36 heavy (non-hydrogen) atoms. The number of carbonyl (C=O) groups is 1. The highest BCUT2D eigenvalue weighted by atomic mass is 32.1. The van der Waals surface area contributed by atoms with E-state index in [0.29, 0.717) is 37.7 Å². The van der Waals surface area contributed by atoms with E-state index < -0.39 is 12.0 Å². The normalized spacial score (nSPS) is 15.9. The summed E-state index contributed by atoms with van der Waals surface area (Å²) in [6.45, 7) is 8.24. The van der Waals surface area contributed by atoms with Crippen molar-refractivity contribution in [3.63, 3.8) is 0 Å². The van der Waals surface area contributed by atoms with E-state index in [9.17, 15) is 9.59 Å². The van der Waals surface area contributed by atoms with Crippen LogP contribution in [0.4, 0.5) is 0 Å². The molecule has 4 rings (SSSR count). The number of thiazole rings is 1. The summed E-state index contributed by atoms with van der Waals surface area (Å²) in [5.74, 6) is 0.505. The number of allylic oxidation sites excluding steroid dienone is 1. The predicted octanol–water partition coefficient (Wildman–Crippen LogP) is 3.72. The average molecular weight is 507 g/mol. The standard InChI is InChI=1S/C28H30N2O5S/c1-16-23(26(32)35-7)24(18-10-13-20(33-5)21(15-18)34-6)30-25(31)22(36-27(30)29-16)14-17-8-11-19(12-9-17)28(2,3)4/h8-15,24H,1-7H3/b22-14-. The molecule has 0 fully saturated rings. The molecule has 1 aliphatic rings. The number of nitrogens with zero attached hydrogens (tertiary/aromatic N) is 2. The number of esters is 1. The Hall–Kier alpha value is -3.65. The molecule has 1 atom stereocenters. The van der Waals surface area contributed by atoms with Crippen molar-refractivity contribution >= 4 is 23.4 Å². The van der Waals surface area contributed by atoms with Gasteiger partial charge in [-0.3, -0.25) is 9.36 Å². The molecule has 0 N–H and O–H groups in total. The molecule has 0 saturated carbocycles. The first-order valence-corrected chi connectivity index (χ1v) is 12.3. The monoisotopic (exact) mass is 506 g/mol. The van der Waals surface area contributed by atoms with E-state index in [4.69, 9.17) is 14.2 Å². The number of methoxy groups -OCH3 is 3. The van der Waals surface area contributed by atoms with Gasteiger partial charge in [0.05, 0.1) is 43.2 Å². The third kappa shape index (κ3) is 4.60. The van der Waals surface area contributed by atoms with Crippen molar-refractivity contribution in [2.75, 3.05) is 21.3 Å². The number of carbonyl (C=O) groups excluding carboxylic acids is 1. The van der Waals surface area contributed by atoms with Gasteiger partial charge in [0.1, 0.15) is 0 Å². The van der Waals surface area contributed by atoms with Crippen LogP contribution >= 0.6 is 11.3 Å². The summed E-state index contributed by atoms with van der Waals surface area (Å²) in [7, 11) is 4.42. The number of hydrogen-bond acceptors (Lipinski definition) is 7. The predicted molar refractivity (Wildman–Crippen MR) is 140 cm³/mol. The molecular weight excluding hydrogens is 476 g/mol. The van der Waals surface area contributed by atoms with Crippen LogP contribution in [-0.4, -0.2) is 31.9 Å². The Balaban J connectivity index is 1.92. The summed E-state index contributed by atoms with van der Waals surface area (Å²) in [4.78, 5) is 31.7. The third-order valence-corrected chi connectivity index (χ3v) is 7.21. The first-order valence-electron chi connectivity index (χ1n) is 11.5. The van der Waals surface area contributed by atoms with E-state index >= 15 is 0 Å². The van der Waals surface area contributed by atoms with E-state index in [1.54, 1.807) is 37.8 Å². The van der Waals surface area contributed by atoms with Crippen LogP contribution in [0.1, 0.15) is 50.4 Å². The molecule has 1 unspecified atom stereocenters. The zero-order valence-electron chi connectivity index (χ0n) is 21.5. The lowest BCUT2D eigenvalue weighted by Gasteiger charge is -2.25. The van der Waals surface area contributed by atoms with Crippen LogP contribution in [-0.2, 0) is 14.9 Å². The largest absolute Gasteiger partial charge is 0.493 e. The fourth-order valence-corrected chi connectivity index (χ4v) is 5.31. The second kappa shape index (κ2) is 9.78. The van der Waals surface area contributed by atoms with Crippen LogP contribution in [0.5, 0.6) is 11.5 Å². The molecule has 0 radical (unpaired) electrons. The number of benzene rings is 2. The highest BCUT2D eigenvalue weighted by molar-refractivity contribution is 7.07. The van der Waals surface area contributed by atoms with Crippen molar-refractivity contribution in [1.82, 2.24) is 4.57 Å². The van der Waals surface area contributed by atoms with Crippen molar-refractivity contribution in [3.8, 4) is 11.5 Å². The Morgan fingerprint density at radius 1 is 1.03 bits per heavy atom. The molecular formula is C28H30N2O5S. The van der Waals surface area contributed by atoms with Crippen LogP contribution in [0.2, 0.25) is 0 Å². The molecule has 0 aliphatic carbocycles. The summed E-state index contributed by atoms with van der Waals surface area (Å²) >= 11 is 1.29. The molecule has 2 heterocycles. The van der Waals surface area contributed by atoms with Gasteiger partial charge in [-0.05, 0) is 47.2 Å². The summed E-state index contributed by atoms with van der Waals surface area (Å²) < 4.78 is 18.0. The van der Waals surface area contributed by atoms with Gasteiger partial charge in [0.15, 0.2) is 16.3 Å². The lowest BCUT2D eigenvalue weighted by atomic mass is 9.87. The minimum atomic E-state index is -0.723. The maximum Gasteiger partial charge on any atom is 0.338 e. The topological polar surface area (TPSA) is 79.1 Å². The quantitative estimate of drug-likeness (QED) is 0.493. The number of rotatable bonds is 5. The zero-order valence-corrected chi connectivity index (χ0v) is 22.4. The molecule has 0 amide bonds. The van der Waals surface area contributed by atoms with Crippen molar-refractivity contribution < 1.29 is 19.0 Å². The highest BCUT2D eigenvalue weighted by Crippen LogP contribution is 2.36. The summed E-state index contributed by atoms with van der Waals surface area (Å²) in [6.07, 6.45) is 1.86. The number of ether oxygens (including phenoxy) is 3. The average Bonchev–Trinajstić information content (AvgIpc) is 3.16. The Morgan fingerprint density at radius 3 is 2.28 bits per heavy atom. The zero-order chi connectivity index (χ0) is 26.2. The van der Waals surface area contributed by atoms with E-state index in [1.165, 1.54) is 24.0 Å². The Morgan fingerprint density at radius 2 is 1.69 bits per heavy atom. The SMILES string of the molecule is COC(=O)C1=C(C)N=c2s/c(=C\c3ccc(C(C)(C)C)cc3)c(=O)n2C1c1ccc(OC)c(OC)c1. The molecule has 1 aliphatic heterocycles. The Kier molecular flexibility index (Phi) is 6.91. The van der Waals surface area contributed by atoms with Gasteiger partial charge in [-0.1, -0.05) is 62.4 Å². The van der Waals surface area contributed by atoms with Crippen LogP contribution in [0.25, 0.3) is 6.08 Å². The van der Waals surface area contributed by atoms with Gasteiger partial charge in [0.2, 0.25) is 0 Å². The van der Waals surface area contributed by atoms with Gasteiger partial charge in [-0.2, -0.15) is 0 Å². The Bertz CT molecular complexity index is 1520. The van der Waals surface area contributed by atoms with Gasteiger partial charge in [0.25, 0.3) is 5.56 Å². The summed E-state index contributed by atoms with van der Waals surface area (Å²) in [5.41, 5.74) is 3.44. The van der Waals surface area contributed by atoms with Gasteiger partial charge in [-0.25, -0.2) is 9.79 Å². The van der Waals surface area contributed by atoms with Gasteiger partial charge in [-0.15, -0.1) is 0 Å². The molecule has 7 nitrogen and oxygen atoms in total.